The molecule has 0 aromatic rings. The van der Waals surface area contributed by atoms with Gasteiger partial charge in [0.1, 0.15) is 6.61 Å². The molecule has 0 aliphatic rings. The number of nitrogens with one attached hydrogen (secondary N) is 2. The van der Waals surface area contributed by atoms with Gasteiger partial charge in [0, 0.05) is 19.2 Å². The Morgan fingerprint density at radius 1 is 1.33 bits per heavy atom. The van der Waals surface area contributed by atoms with Gasteiger partial charge in [0.25, 0.3) is 0 Å². The van der Waals surface area contributed by atoms with Crippen LogP contribution in [-0.2, 0) is 4.74 Å². The molecule has 0 aromatic heterocycles. The topological polar surface area (TPSA) is 33.3 Å². The Balaban J connectivity index is 3.18. The van der Waals surface area contributed by atoms with Crippen molar-refractivity contribution in [3.05, 3.63) is 0 Å². The molecule has 0 spiro atoms. The summed E-state index contributed by atoms with van der Waals surface area (Å²) in [5.41, 5.74) is 0. The second-order valence-corrected chi connectivity index (χ2v) is 3.43. The van der Waals surface area contributed by atoms with Crippen molar-refractivity contribution in [2.24, 2.45) is 0 Å². The van der Waals surface area contributed by atoms with Gasteiger partial charge in [0.15, 0.2) is 0 Å². The van der Waals surface area contributed by atoms with Crippen molar-refractivity contribution in [2.75, 3.05) is 33.4 Å². The Kier molecular flexibility index (Phi) is 7.72. The molecule has 1 unspecified atom stereocenters. The van der Waals surface area contributed by atoms with Gasteiger partial charge in [0.05, 0.1) is 0 Å². The van der Waals surface area contributed by atoms with Crippen molar-refractivity contribution in [3.8, 4) is 0 Å². The van der Waals surface area contributed by atoms with Crippen LogP contribution >= 0.6 is 0 Å². The zero-order chi connectivity index (χ0) is 11.7. The summed E-state index contributed by atoms with van der Waals surface area (Å²) in [4.78, 5) is 0. The van der Waals surface area contributed by atoms with Gasteiger partial charge in [-0.05, 0) is 26.9 Å². The lowest BCUT2D eigenvalue weighted by atomic mass is 10.3. The first-order chi connectivity index (χ1) is 6.95. The standard InChI is InChI=1S/C9H19F3N2O/c1-8(6-13-2)14-4-3-5-15-7-9(10,11)12/h8,13-14H,3-7H2,1-2H3. The van der Waals surface area contributed by atoms with Crippen LogP contribution in [0.3, 0.4) is 0 Å². The SMILES string of the molecule is CNCC(C)NCCCOCC(F)(F)F. The van der Waals surface area contributed by atoms with Crippen molar-refractivity contribution < 1.29 is 17.9 Å². The van der Waals surface area contributed by atoms with Crippen molar-refractivity contribution >= 4 is 0 Å². The highest BCUT2D eigenvalue weighted by Crippen LogP contribution is 2.14. The Morgan fingerprint density at radius 3 is 2.53 bits per heavy atom. The fourth-order valence-electron chi connectivity index (χ4n) is 1.09. The van der Waals surface area contributed by atoms with Gasteiger partial charge in [-0.1, -0.05) is 0 Å². The number of hydrogen-bond donors (Lipinski definition) is 2. The second-order valence-electron chi connectivity index (χ2n) is 3.43. The molecule has 0 fully saturated rings. The molecule has 15 heavy (non-hydrogen) atoms. The molecule has 0 radical (unpaired) electrons. The first kappa shape index (κ1) is 14.7. The van der Waals surface area contributed by atoms with E-state index >= 15 is 0 Å². The molecule has 0 bridgehead atoms. The first-order valence-electron chi connectivity index (χ1n) is 4.98. The fraction of sp³-hybridized carbons (Fsp3) is 1.00. The largest absolute Gasteiger partial charge is 0.411 e. The molecule has 3 nitrogen and oxygen atoms in total. The van der Waals surface area contributed by atoms with E-state index in [2.05, 4.69) is 15.4 Å². The minimum absolute atomic E-state index is 0.138. The predicted molar refractivity (Wildman–Crippen MR) is 52.9 cm³/mol. The quantitative estimate of drug-likeness (QED) is 0.611. The van der Waals surface area contributed by atoms with Crippen molar-refractivity contribution in [2.45, 2.75) is 25.6 Å². The van der Waals surface area contributed by atoms with E-state index < -0.39 is 12.8 Å². The van der Waals surface area contributed by atoms with Crippen molar-refractivity contribution in [1.29, 1.82) is 0 Å². The Hall–Kier alpha value is -0.330. The summed E-state index contributed by atoms with van der Waals surface area (Å²) in [5, 5.41) is 6.15. The van der Waals surface area contributed by atoms with Crippen molar-refractivity contribution in [1.82, 2.24) is 10.6 Å². The summed E-state index contributed by atoms with van der Waals surface area (Å²) < 4.78 is 39.4. The molecule has 92 valence electrons. The summed E-state index contributed by atoms with van der Waals surface area (Å²) in [7, 11) is 1.85. The third kappa shape index (κ3) is 11.6. The van der Waals surface area contributed by atoms with Gasteiger partial charge in [-0.25, -0.2) is 0 Å². The van der Waals surface area contributed by atoms with Gasteiger partial charge in [-0.15, -0.1) is 0 Å². The number of alkyl halides is 3. The molecule has 0 aliphatic carbocycles. The number of hydrogen-bond acceptors (Lipinski definition) is 3. The highest BCUT2D eigenvalue weighted by Gasteiger charge is 2.27. The van der Waals surface area contributed by atoms with E-state index in [1.165, 1.54) is 0 Å². The van der Waals surface area contributed by atoms with Crippen LogP contribution < -0.4 is 10.6 Å². The Labute approximate surface area is 88.4 Å². The first-order valence-corrected chi connectivity index (χ1v) is 4.98. The normalized spacial score (nSPS) is 14.2. The summed E-state index contributed by atoms with van der Waals surface area (Å²) in [6.45, 7) is 2.50. The van der Waals surface area contributed by atoms with Crippen LogP contribution in [0.25, 0.3) is 0 Å². The maximum atomic E-state index is 11.6. The third-order valence-electron chi connectivity index (χ3n) is 1.73. The van der Waals surface area contributed by atoms with Crippen LogP contribution in [0, 0.1) is 0 Å². The van der Waals surface area contributed by atoms with Gasteiger partial charge in [-0.3, -0.25) is 0 Å². The molecule has 0 aliphatic heterocycles. The monoisotopic (exact) mass is 228 g/mol. The number of ether oxygens (including phenoxy) is 1. The summed E-state index contributed by atoms with van der Waals surface area (Å²) in [5.74, 6) is 0. The second kappa shape index (κ2) is 7.90. The van der Waals surface area contributed by atoms with Crippen molar-refractivity contribution in [3.63, 3.8) is 0 Å². The summed E-state index contributed by atoms with van der Waals surface area (Å²) in [6, 6.07) is 0.317. The lowest BCUT2D eigenvalue weighted by Crippen LogP contribution is -2.35. The molecular formula is C9H19F3N2O. The minimum Gasteiger partial charge on any atom is -0.372 e. The van der Waals surface area contributed by atoms with E-state index in [-0.39, 0.29) is 6.61 Å². The van der Waals surface area contributed by atoms with E-state index in [4.69, 9.17) is 0 Å². The molecule has 6 heteroatoms. The van der Waals surface area contributed by atoms with Gasteiger partial charge in [0.2, 0.25) is 0 Å². The molecule has 1 atom stereocenters. The summed E-state index contributed by atoms with van der Waals surface area (Å²) >= 11 is 0. The van der Waals surface area contributed by atoms with Crippen LogP contribution in [0.5, 0.6) is 0 Å². The predicted octanol–water partition coefficient (Wildman–Crippen LogP) is 1.15. The zero-order valence-corrected chi connectivity index (χ0v) is 9.16. The molecular weight excluding hydrogens is 209 g/mol. The lowest BCUT2D eigenvalue weighted by molar-refractivity contribution is -0.173. The van der Waals surface area contributed by atoms with E-state index in [0.29, 0.717) is 19.0 Å². The smallest absolute Gasteiger partial charge is 0.372 e. The molecule has 0 heterocycles. The summed E-state index contributed by atoms with van der Waals surface area (Å²) in [6.07, 6.45) is -3.63. The molecule has 0 amide bonds. The molecule has 0 saturated heterocycles. The number of rotatable bonds is 8. The molecule has 2 N–H and O–H groups in total. The Bertz CT molecular complexity index is 153. The third-order valence-corrected chi connectivity index (χ3v) is 1.73. The molecule has 0 saturated carbocycles. The molecule has 0 rings (SSSR count). The van der Waals surface area contributed by atoms with Gasteiger partial charge >= 0.3 is 6.18 Å². The number of likely N-dealkylation sites (N-methyl/N-ethyl adjacent to an activating group) is 1. The van der Waals surface area contributed by atoms with Crippen LogP contribution in [-0.4, -0.2) is 45.6 Å². The van der Waals surface area contributed by atoms with Crippen LogP contribution in [0.4, 0.5) is 13.2 Å². The van der Waals surface area contributed by atoms with Crippen LogP contribution in [0.2, 0.25) is 0 Å². The highest BCUT2D eigenvalue weighted by molar-refractivity contribution is 4.61. The van der Waals surface area contributed by atoms with E-state index in [1.54, 1.807) is 0 Å². The van der Waals surface area contributed by atoms with Gasteiger partial charge < -0.3 is 15.4 Å². The number of halogens is 3. The highest BCUT2D eigenvalue weighted by atomic mass is 19.4. The van der Waals surface area contributed by atoms with Gasteiger partial charge in [-0.2, -0.15) is 13.2 Å². The van der Waals surface area contributed by atoms with E-state index in [1.807, 2.05) is 14.0 Å². The van der Waals surface area contributed by atoms with Crippen LogP contribution in [0.15, 0.2) is 0 Å². The maximum absolute atomic E-state index is 11.6. The average Bonchev–Trinajstić information content (AvgIpc) is 2.09. The maximum Gasteiger partial charge on any atom is 0.411 e. The minimum atomic E-state index is -4.22. The van der Waals surface area contributed by atoms with E-state index in [9.17, 15) is 13.2 Å². The lowest BCUT2D eigenvalue weighted by Gasteiger charge is -2.13. The zero-order valence-electron chi connectivity index (χ0n) is 9.16. The van der Waals surface area contributed by atoms with E-state index in [0.717, 1.165) is 6.54 Å². The fourth-order valence-corrected chi connectivity index (χ4v) is 1.09. The average molecular weight is 228 g/mol. The molecule has 0 aromatic carbocycles. The Morgan fingerprint density at radius 2 is 2.00 bits per heavy atom. The van der Waals surface area contributed by atoms with Crippen LogP contribution in [0.1, 0.15) is 13.3 Å².